The van der Waals surface area contributed by atoms with E-state index in [0.717, 1.165) is 128 Å². The summed E-state index contributed by atoms with van der Waals surface area (Å²) in [5, 5.41) is 31.5. The zero-order valence-corrected chi connectivity index (χ0v) is 50.0. The molecular weight excluding hydrogens is 1020 g/mol. The lowest BCUT2D eigenvalue weighted by Gasteiger charge is -2.40. The fourth-order valence-electron chi connectivity index (χ4n) is 8.24. The molecule has 6 atom stereocenters. The fraction of sp³-hybridized carbons (Fsp3) is 0.594. The normalized spacial score (nSPS) is 18.8. The highest BCUT2D eigenvalue weighted by atomic mass is 16.7. The predicted octanol–water partition coefficient (Wildman–Crippen LogP) is 16.3. The summed E-state index contributed by atoms with van der Waals surface area (Å²) in [5.74, 6) is -3.31. The molecule has 0 aromatic rings. The minimum Gasteiger partial charge on any atom is -0.479 e. The summed E-state index contributed by atoms with van der Waals surface area (Å²) in [6.07, 6.45) is 66.8. The largest absolute Gasteiger partial charge is 0.479 e. The molecule has 0 aromatic heterocycles. The Morgan fingerprint density at radius 1 is 0.420 bits per heavy atom. The molecule has 1 heterocycles. The lowest BCUT2D eigenvalue weighted by atomic mass is 9.98. The second kappa shape index (κ2) is 55.2. The number of carboxylic acid groups (broad SMARTS) is 1. The zero-order chi connectivity index (χ0) is 58.9. The number of ether oxygens (including phenoxy) is 5. The van der Waals surface area contributed by atoms with Gasteiger partial charge in [-0.1, -0.05) is 212 Å². The van der Waals surface area contributed by atoms with E-state index < -0.39 is 67.3 Å². The molecule has 0 spiro atoms. The van der Waals surface area contributed by atoms with Crippen LogP contribution in [-0.4, -0.2) is 89.2 Å². The Morgan fingerprint density at radius 3 is 1.25 bits per heavy atom. The zero-order valence-electron chi connectivity index (χ0n) is 50.0. The molecule has 81 heavy (non-hydrogen) atoms. The Bertz CT molecular complexity index is 1960. The second-order valence-electron chi connectivity index (χ2n) is 20.2. The van der Waals surface area contributed by atoms with Crippen molar-refractivity contribution >= 4 is 23.9 Å². The minimum atomic E-state index is -1.93. The molecule has 3 N–H and O–H groups in total. The molecular formula is C69H106O12. The van der Waals surface area contributed by atoms with Gasteiger partial charge < -0.3 is 39.0 Å². The predicted molar refractivity (Wildman–Crippen MR) is 330 cm³/mol. The van der Waals surface area contributed by atoms with Gasteiger partial charge in [-0.15, -0.1) is 0 Å². The van der Waals surface area contributed by atoms with Gasteiger partial charge in [-0.2, -0.15) is 0 Å². The summed E-state index contributed by atoms with van der Waals surface area (Å²) in [5.41, 5.74) is 0. The third-order valence-electron chi connectivity index (χ3n) is 12.9. The van der Waals surface area contributed by atoms with Crippen molar-refractivity contribution in [1.29, 1.82) is 0 Å². The van der Waals surface area contributed by atoms with Gasteiger partial charge in [0, 0.05) is 19.3 Å². The van der Waals surface area contributed by atoms with E-state index in [1.807, 2.05) is 12.2 Å². The van der Waals surface area contributed by atoms with Crippen LogP contribution in [0.15, 0.2) is 146 Å². The van der Waals surface area contributed by atoms with Gasteiger partial charge in [-0.05, 0) is 128 Å². The minimum absolute atomic E-state index is 0.0238. The van der Waals surface area contributed by atoms with Crippen LogP contribution in [0.25, 0.3) is 0 Å². The average Bonchev–Trinajstić information content (AvgIpc) is 3.45. The van der Waals surface area contributed by atoms with E-state index in [-0.39, 0.29) is 25.9 Å². The Morgan fingerprint density at radius 2 is 0.802 bits per heavy atom. The molecule has 0 aliphatic carbocycles. The Hall–Kier alpha value is -5.40. The highest BCUT2D eigenvalue weighted by Crippen LogP contribution is 2.26. The van der Waals surface area contributed by atoms with Crippen LogP contribution >= 0.6 is 0 Å². The quantitative estimate of drug-likeness (QED) is 0.0228. The van der Waals surface area contributed by atoms with Crippen LogP contribution in [0.3, 0.4) is 0 Å². The molecule has 0 bridgehead atoms. The molecule has 6 unspecified atom stereocenters. The van der Waals surface area contributed by atoms with E-state index in [4.69, 9.17) is 23.7 Å². The molecule has 0 aromatic carbocycles. The first-order chi connectivity index (χ1) is 39.6. The molecule has 0 radical (unpaired) electrons. The monoisotopic (exact) mass is 1130 g/mol. The fourth-order valence-corrected chi connectivity index (χ4v) is 8.24. The van der Waals surface area contributed by atoms with Crippen molar-refractivity contribution < 1.29 is 58.2 Å². The smallest absolute Gasteiger partial charge is 0.335 e. The van der Waals surface area contributed by atoms with E-state index in [0.29, 0.717) is 25.7 Å². The summed E-state index contributed by atoms with van der Waals surface area (Å²) >= 11 is 0. The maximum atomic E-state index is 13.1. The number of carbonyl (C=O) groups excluding carboxylic acids is 3. The average molecular weight is 1130 g/mol. The first kappa shape index (κ1) is 73.6. The summed E-state index contributed by atoms with van der Waals surface area (Å²) in [6, 6.07) is 0. The van der Waals surface area contributed by atoms with Gasteiger partial charge in [0.15, 0.2) is 24.6 Å². The molecule has 454 valence electrons. The van der Waals surface area contributed by atoms with Crippen LogP contribution in [-0.2, 0) is 42.9 Å². The highest BCUT2D eigenvalue weighted by Gasteiger charge is 2.50. The molecule has 1 aliphatic rings. The number of aliphatic carboxylic acids is 1. The molecule has 1 rings (SSSR count). The number of allylic oxidation sites excluding steroid dienone is 24. The number of aliphatic hydroxyl groups is 2. The van der Waals surface area contributed by atoms with Crippen molar-refractivity contribution in [1.82, 2.24) is 0 Å². The number of carbonyl (C=O) groups is 4. The molecule has 1 aliphatic heterocycles. The number of rotatable bonds is 50. The van der Waals surface area contributed by atoms with Crippen molar-refractivity contribution in [3.63, 3.8) is 0 Å². The van der Waals surface area contributed by atoms with Crippen molar-refractivity contribution in [3.8, 4) is 0 Å². The molecule has 1 fully saturated rings. The third kappa shape index (κ3) is 44.9. The topological polar surface area (TPSA) is 175 Å². The van der Waals surface area contributed by atoms with Gasteiger partial charge in [-0.25, -0.2) is 4.79 Å². The van der Waals surface area contributed by atoms with E-state index >= 15 is 0 Å². The van der Waals surface area contributed by atoms with Crippen LogP contribution in [0, 0.1) is 0 Å². The van der Waals surface area contributed by atoms with E-state index in [1.54, 1.807) is 0 Å². The van der Waals surface area contributed by atoms with Crippen LogP contribution in [0.5, 0.6) is 0 Å². The lowest BCUT2D eigenvalue weighted by molar-refractivity contribution is -0.301. The van der Waals surface area contributed by atoms with Crippen molar-refractivity contribution in [2.75, 3.05) is 13.2 Å². The number of hydrogen-bond acceptors (Lipinski definition) is 11. The Kier molecular flexibility index (Phi) is 50.1. The van der Waals surface area contributed by atoms with E-state index in [9.17, 15) is 34.5 Å². The van der Waals surface area contributed by atoms with Gasteiger partial charge in [0.1, 0.15) is 18.8 Å². The standard InChI is InChI=1S/C69H106O12/c1-4-7-10-13-16-19-22-25-27-29-31-33-35-38-40-43-46-49-52-55-61(70)77-58-60(79-62(71)56-53-50-47-44-41-37-24-21-18-15-12-9-6-3)59-78-69-67(65(74)64(73)66(81-69)68(75)76)80-63(72)57-54-51-48-45-42-39-36-34-32-30-28-26-23-20-17-14-11-8-5-2/h7,9-10,12,16-21,25-28,31-34,37-38,40-41,47,50,60,64-67,69,73-74H,4-6,8,11,13-15,22-24,29-30,35-36,39,42-46,48-49,51-59H2,1-3H3,(H,75,76)/b10-7-,12-9-,19-16-,20-17-,21-18-,27-25-,28-26-,33-31-,34-32-,40-38-,41-37-,50-47-. The summed E-state index contributed by atoms with van der Waals surface area (Å²) in [4.78, 5) is 51.2. The van der Waals surface area contributed by atoms with Gasteiger partial charge in [-0.3, -0.25) is 14.4 Å². The lowest BCUT2D eigenvalue weighted by Crippen LogP contribution is -2.61. The maximum Gasteiger partial charge on any atom is 0.335 e. The molecule has 12 nitrogen and oxygen atoms in total. The number of carboxylic acids is 1. The highest BCUT2D eigenvalue weighted by molar-refractivity contribution is 5.74. The van der Waals surface area contributed by atoms with E-state index in [1.165, 1.54) is 19.3 Å². The Labute approximate surface area is 489 Å². The summed E-state index contributed by atoms with van der Waals surface area (Å²) < 4.78 is 28.3. The van der Waals surface area contributed by atoms with Crippen LogP contribution < -0.4 is 0 Å². The third-order valence-corrected chi connectivity index (χ3v) is 12.9. The van der Waals surface area contributed by atoms with E-state index in [2.05, 4.69) is 154 Å². The molecule has 12 heteroatoms. The van der Waals surface area contributed by atoms with Crippen molar-refractivity contribution in [2.24, 2.45) is 0 Å². The van der Waals surface area contributed by atoms with Crippen LogP contribution in [0.4, 0.5) is 0 Å². The van der Waals surface area contributed by atoms with Crippen LogP contribution in [0.2, 0.25) is 0 Å². The summed E-state index contributed by atoms with van der Waals surface area (Å²) in [6.45, 7) is 5.63. The molecule has 0 saturated carbocycles. The van der Waals surface area contributed by atoms with Gasteiger partial charge >= 0.3 is 23.9 Å². The number of hydrogen-bond donors (Lipinski definition) is 3. The SMILES string of the molecule is CC/C=C\C/C=C\C/C=C\C/C=C\C/C=C\CCCCCC(=O)OCC(COC1OC(C(=O)O)C(O)C(O)C1OC(=O)CCCCCCCC/C=C\C/C=C\C/C=C\CCCCC)OC(=O)CC/C=C\C/C=C\C/C=C\C/C=C\CC. The van der Waals surface area contributed by atoms with Gasteiger partial charge in [0.05, 0.1) is 6.61 Å². The van der Waals surface area contributed by atoms with Crippen molar-refractivity contribution in [2.45, 2.75) is 250 Å². The summed E-state index contributed by atoms with van der Waals surface area (Å²) in [7, 11) is 0. The van der Waals surface area contributed by atoms with Crippen LogP contribution in [0.1, 0.15) is 213 Å². The van der Waals surface area contributed by atoms with Crippen molar-refractivity contribution in [3.05, 3.63) is 146 Å². The molecule has 1 saturated heterocycles. The second-order valence-corrected chi connectivity index (χ2v) is 20.2. The maximum absolute atomic E-state index is 13.1. The number of aliphatic hydroxyl groups excluding tert-OH is 2. The number of esters is 3. The Balaban J connectivity index is 2.73. The first-order valence-electron chi connectivity index (χ1n) is 30.8. The van der Waals surface area contributed by atoms with Gasteiger partial charge in [0.25, 0.3) is 0 Å². The first-order valence-corrected chi connectivity index (χ1v) is 30.8. The number of unbranched alkanes of at least 4 members (excludes halogenated alkanes) is 12. The van der Waals surface area contributed by atoms with Gasteiger partial charge in [0.2, 0.25) is 0 Å². The molecule has 0 amide bonds.